The highest BCUT2D eigenvalue weighted by atomic mass is 35.5. The number of aromatic amines is 1. The summed E-state index contributed by atoms with van der Waals surface area (Å²) in [4.78, 5) is 12.5. The van der Waals surface area contributed by atoms with Crippen molar-refractivity contribution in [1.82, 2.24) is 19.8 Å². The molecule has 4 heterocycles. The van der Waals surface area contributed by atoms with Crippen molar-refractivity contribution in [3.8, 4) is 11.1 Å². The van der Waals surface area contributed by atoms with Crippen molar-refractivity contribution in [2.24, 2.45) is 0 Å². The maximum absolute atomic E-state index is 15.5. The molecule has 0 bridgehead atoms. The fraction of sp³-hybridized carbons (Fsp3) is 0.211. The molecule has 154 valence electrons. The largest absolute Gasteiger partial charge is 0.366 e. The lowest BCUT2D eigenvalue weighted by molar-refractivity contribution is -0.105. The molecule has 1 fully saturated rings. The van der Waals surface area contributed by atoms with Crippen LogP contribution in [0, 0.1) is 5.82 Å². The minimum atomic E-state index is -0.876. The van der Waals surface area contributed by atoms with E-state index in [4.69, 9.17) is 11.6 Å². The minimum Gasteiger partial charge on any atom is -0.366 e. The van der Waals surface area contributed by atoms with Crippen molar-refractivity contribution >= 4 is 56.7 Å². The highest BCUT2D eigenvalue weighted by Gasteiger charge is 2.27. The fourth-order valence-corrected chi connectivity index (χ4v) is 5.17. The zero-order valence-electron chi connectivity index (χ0n) is 15.6. The number of fused-ring (bicyclic) bond motifs is 2. The lowest BCUT2D eigenvalue weighted by Crippen LogP contribution is -2.38. The molecular formula is C19H16ClFN6O2S. The van der Waals surface area contributed by atoms with Gasteiger partial charge in [-0.1, -0.05) is 11.6 Å². The molecule has 1 amide bonds. The highest BCUT2D eigenvalue weighted by Crippen LogP contribution is 2.43. The summed E-state index contributed by atoms with van der Waals surface area (Å²) in [5, 5.41) is 14.5. The van der Waals surface area contributed by atoms with Crippen LogP contribution >= 0.6 is 11.6 Å². The Balaban J connectivity index is 1.67. The number of pyridine rings is 1. The molecule has 3 aromatic heterocycles. The Hall–Kier alpha value is -2.98. The molecule has 1 saturated heterocycles. The third kappa shape index (κ3) is 3.03. The zero-order valence-corrected chi connectivity index (χ0v) is 17.1. The van der Waals surface area contributed by atoms with Gasteiger partial charge in [-0.3, -0.25) is 14.1 Å². The topological polar surface area (TPSA) is 95.4 Å². The first-order valence-corrected chi connectivity index (χ1v) is 11.1. The molecule has 4 aromatic rings. The van der Waals surface area contributed by atoms with E-state index in [0.717, 1.165) is 0 Å². The number of amides is 1. The number of nitrogens with one attached hydrogen (secondary N) is 2. The molecule has 1 aliphatic rings. The molecule has 0 spiro atoms. The molecule has 2 N–H and O–H groups in total. The standard InChI is InChI=1S/C19H16ClFN6O2S/c20-16-15(11-1-2-27-12(7-11)8-14(25-27)22-10-28)13-9-23-24-18(13)19(17(16)21)26-3-5-30(29)6-4-26/h1-2,7-10H,3-6H2,(H,23,24)(H,22,25,28). The van der Waals surface area contributed by atoms with Crippen LogP contribution < -0.4 is 10.2 Å². The van der Waals surface area contributed by atoms with E-state index >= 15 is 4.39 Å². The minimum absolute atomic E-state index is 0.000649. The van der Waals surface area contributed by atoms with E-state index in [-0.39, 0.29) is 5.02 Å². The van der Waals surface area contributed by atoms with Crippen molar-refractivity contribution in [1.29, 1.82) is 0 Å². The Morgan fingerprint density at radius 2 is 2.10 bits per heavy atom. The Bertz CT molecular complexity index is 1310. The predicted octanol–water partition coefficient (Wildman–Crippen LogP) is 2.81. The van der Waals surface area contributed by atoms with Crippen molar-refractivity contribution in [3.05, 3.63) is 41.4 Å². The van der Waals surface area contributed by atoms with Gasteiger partial charge < -0.3 is 10.2 Å². The average molecular weight is 447 g/mol. The van der Waals surface area contributed by atoms with Crippen LogP contribution in [0.2, 0.25) is 5.02 Å². The van der Waals surface area contributed by atoms with E-state index < -0.39 is 16.6 Å². The summed E-state index contributed by atoms with van der Waals surface area (Å²) < 4.78 is 28.8. The number of hydrogen-bond acceptors (Lipinski definition) is 5. The van der Waals surface area contributed by atoms with E-state index in [1.54, 1.807) is 29.0 Å². The monoisotopic (exact) mass is 446 g/mol. The van der Waals surface area contributed by atoms with E-state index in [1.807, 2.05) is 11.0 Å². The quantitative estimate of drug-likeness (QED) is 0.470. The third-order valence-electron chi connectivity index (χ3n) is 5.22. The number of hydrogen-bond donors (Lipinski definition) is 2. The van der Waals surface area contributed by atoms with Gasteiger partial charge in [0.15, 0.2) is 11.6 Å². The maximum Gasteiger partial charge on any atom is 0.212 e. The van der Waals surface area contributed by atoms with Crippen LogP contribution in [0.25, 0.3) is 27.5 Å². The number of nitrogens with zero attached hydrogens (tertiary/aromatic N) is 4. The van der Waals surface area contributed by atoms with Gasteiger partial charge in [0.1, 0.15) is 5.69 Å². The van der Waals surface area contributed by atoms with Gasteiger partial charge in [-0.25, -0.2) is 8.91 Å². The Labute approximate surface area is 177 Å². The fourth-order valence-electron chi connectivity index (χ4n) is 3.82. The van der Waals surface area contributed by atoms with Gasteiger partial charge in [-0.05, 0) is 17.7 Å². The van der Waals surface area contributed by atoms with Crippen molar-refractivity contribution in [2.75, 3.05) is 34.8 Å². The van der Waals surface area contributed by atoms with Gasteiger partial charge in [0.2, 0.25) is 6.41 Å². The van der Waals surface area contributed by atoms with Crippen molar-refractivity contribution in [2.45, 2.75) is 0 Å². The summed E-state index contributed by atoms with van der Waals surface area (Å²) >= 11 is 6.54. The number of aromatic nitrogens is 4. The summed E-state index contributed by atoms with van der Waals surface area (Å²) in [6, 6.07) is 5.30. The first-order valence-electron chi connectivity index (χ1n) is 9.21. The summed E-state index contributed by atoms with van der Waals surface area (Å²) in [6.45, 7) is 0.975. The molecule has 0 unspecified atom stereocenters. The molecule has 11 heteroatoms. The van der Waals surface area contributed by atoms with Crippen molar-refractivity contribution < 1.29 is 13.4 Å². The first-order chi connectivity index (χ1) is 14.6. The normalized spacial score (nSPS) is 15.2. The second-order valence-electron chi connectivity index (χ2n) is 6.92. The maximum atomic E-state index is 15.5. The van der Waals surface area contributed by atoms with E-state index in [2.05, 4.69) is 20.6 Å². The van der Waals surface area contributed by atoms with Crippen LogP contribution in [0.1, 0.15) is 0 Å². The molecule has 0 saturated carbocycles. The van der Waals surface area contributed by atoms with Crippen LogP contribution in [0.5, 0.6) is 0 Å². The second-order valence-corrected chi connectivity index (χ2v) is 9.00. The average Bonchev–Trinajstić information content (AvgIpc) is 3.36. The molecule has 0 radical (unpaired) electrons. The number of halogens is 2. The summed E-state index contributed by atoms with van der Waals surface area (Å²) in [7, 11) is -0.876. The number of carbonyl (C=O) groups is 1. The summed E-state index contributed by atoms with van der Waals surface area (Å²) in [5.41, 5.74) is 2.84. The van der Waals surface area contributed by atoms with Gasteiger partial charge in [0.05, 0.1) is 22.3 Å². The smallest absolute Gasteiger partial charge is 0.212 e. The van der Waals surface area contributed by atoms with Gasteiger partial charge in [0, 0.05) is 58.6 Å². The van der Waals surface area contributed by atoms with E-state index in [9.17, 15) is 9.00 Å². The second kappa shape index (κ2) is 7.37. The SMILES string of the molecule is O=CNc1cc2cc(-c3c(Cl)c(F)c(N4CCS(=O)CC4)c4[nH]ncc34)ccn2n1. The number of H-pyrrole nitrogens is 1. The predicted molar refractivity (Wildman–Crippen MR) is 115 cm³/mol. The molecule has 30 heavy (non-hydrogen) atoms. The van der Waals surface area contributed by atoms with Crippen LogP contribution in [0.15, 0.2) is 30.6 Å². The number of carbonyl (C=O) groups excluding carboxylic acids is 1. The number of benzene rings is 1. The summed E-state index contributed by atoms with van der Waals surface area (Å²) in [5.74, 6) is 0.853. The summed E-state index contributed by atoms with van der Waals surface area (Å²) in [6.07, 6.45) is 3.90. The third-order valence-corrected chi connectivity index (χ3v) is 6.85. The zero-order chi connectivity index (χ0) is 20.8. The van der Waals surface area contributed by atoms with Crippen LogP contribution in [0.4, 0.5) is 15.9 Å². The first kappa shape index (κ1) is 19.0. The van der Waals surface area contributed by atoms with Crippen molar-refractivity contribution in [3.63, 3.8) is 0 Å². The van der Waals surface area contributed by atoms with E-state index in [1.165, 1.54) is 0 Å². The lowest BCUT2D eigenvalue weighted by Gasteiger charge is -2.29. The van der Waals surface area contributed by atoms with Gasteiger partial charge >= 0.3 is 0 Å². The number of anilines is 2. The molecule has 5 rings (SSSR count). The van der Waals surface area contributed by atoms with Gasteiger partial charge in [0.25, 0.3) is 0 Å². The van der Waals surface area contributed by atoms with E-state index in [0.29, 0.717) is 70.1 Å². The van der Waals surface area contributed by atoms with Gasteiger partial charge in [-0.2, -0.15) is 10.2 Å². The molecular weight excluding hydrogens is 431 g/mol. The van der Waals surface area contributed by atoms with Crippen LogP contribution in [-0.2, 0) is 15.6 Å². The number of rotatable bonds is 4. The molecule has 0 aliphatic carbocycles. The van der Waals surface area contributed by atoms with Crippen LogP contribution in [0.3, 0.4) is 0 Å². The Morgan fingerprint density at radius 1 is 1.30 bits per heavy atom. The highest BCUT2D eigenvalue weighted by molar-refractivity contribution is 7.85. The molecule has 1 aliphatic heterocycles. The Kier molecular flexibility index (Phi) is 4.67. The van der Waals surface area contributed by atoms with Gasteiger partial charge in [-0.15, -0.1) is 0 Å². The molecule has 1 aromatic carbocycles. The lowest BCUT2D eigenvalue weighted by atomic mass is 10.0. The van der Waals surface area contributed by atoms with Crippen LogP contribution in [-0.4, -0.2) is 55.0 Å². The Morgan fingerprint density at radius 3 is 2.87 bits per heavy atom. The molecule has 8 nitrogen and oxygen atoms in total. The molecule has 0 atom stereocenters.